The van der Waals surface area contributed by atoms with Crippen molar-refractivity contribution in [2.45, 2.75) is 50.4 Å². The maximum atomic E-state index is 13.5. The van der Waals surface area contributed by atoms with Gasteiger partial charge in [-0.1, -0.05) is 31.0 Å². The minimum atomic E-state index is -0.350. The molecule has 0 atom stereocenters. The number of thioether (sulfide) groups is 1. The first-order chi connectivity index (χ1) is 15.6. The van der Waals surface area contributed by atoms with E-state index in [1.165, 1.54) is 44.2 Å². The zero-order chi connectivity index (χ0) is 22.3. The number of carbonyl (C=O) groups is 1. The summed E-state index contributed by atoms with van der Waals surface area (Å²) in [4.78, 5) is 12.5. The van der Waals surface area contributed by atoms with E-state index in [1.807, 2.05) is 4.57 Å². The summed E-state index contributed by atoms with van der Waals surface area (Å²) in [6, 6.07) is 9.52. The monoisotopic (exact) mass is 458 g/mol. The van der Waals surface area contributed by atoms with E-state index in [-0.39, 0.29) is 24.0 Å². The van der Waals surface area contributed by atoms with Crippen molar-refractivity contribution in [2.75, 3.05) is 12.9 Å². The molecule has 1 fully saturated rings. The third-order valence-corrected chi connectivity index (χ3v) is 6.70. The van der Waals surface area contributed by atoms with Gasteiger partial charge in [-0.3, -0.25) is 9.36 Å². The van der Waals surface area contributed by atoms with Gasteiger partial charge in [-0.05, 0) is 55.2 Å². The van der Waals surface area contributed by atoms with E-state index >= 15 is 0 Å². The van der Waals surface area contributed by atoms with Crippen molar-refractivity contribution < 1.29 is 18.3 Å². The first kappa shape index (κ1) is 22.5. The third kappa shape index (κ3) is 5.58. The number of rotatable bonds is 9. The van der Waals surface area contributed by atoms with Gasteiger partial charge in [0, 0.05) is 18.6 Å². The Morgan fingerprint density at radius 3 is 2.72 bits per heavy atom. The molecule has 2 heterocycles. The number of amides is 1. The summed E-state index contributed by atoms with van der Waals surface area (Å²) < 4.78 is 25.9. The van der Waals surface area contributed by atoms with Gasteiger partial charge in [-0.2, -0.15) is 0 Å². The Labute approximate surface area is 190 Å². The van der Waals surface area contributed by atoms with Crippen LogP contribution < -0.4 is 5.32 Å². The summed E-state index contributed by atoms with van der Waals surface area (Å²) in [5, 5.41) is 12.3. The Kier molecular flexibility index (Phi) is 7.59. The zero-order valence-corrected chi connectivity index (χ0v) is 18.9. The minimum absolute atomic E-state index is 0.160. The van der Waals surface area contributed by atoms with Crippen LogP contribution >= 0.6 is 11.8 Å². The smallest absolute Gasteiger partial charge is 0.287 e. The van der Waals surface area contributed by atoms with E-state index in [1.54, 1.807) is 43.1 Å². The van der Waals surface area contributed by atoms with Gasteiger partial charge in [0.15, 0.2) is 16.7 Å². The fourth-order valence-corrected chi connectivity index (χ4v) is 5.03. The molecular weight excluding hydrogens is 431 g/mol. The molecule has 1 saturated carbocycles. The Morgan fingerprint density at radius 2 is 1.97 bits per heavy atom. The van der Waals surface area contributed by atoms with Crippen molar-refractivity contribution in [1.29, 1.82) is 0 Å². The predicted molar refractivity (Wildman–Crippen MR) is 119 cm³/mol. The molecule has 170 valence electrons. The number of hydrogen-bond donors (Lipinski definition) is 1. The first-order valence-corrected chi connectivity index (χ1v) is 11.8. The number of furan rings is 1. The molecule has 0 spiro atoms. The van der Waals surface area contributed by atoms with Crippen LogP contribution in [0.2, 0.25) is 0 Å². The van der Waals surface area contributed by atoms with Gasteiger partial charge in [0.2, 0.25) is 0 Å². The second-order valence-corrected chi connectivity index (χ2v) is 8.89. The summed E-state index contributed by atoms with van der Waals surface area (Å²) in [6.45, 7) is 0.460. The highest BCUT2D eigenvalue weighted by Crippen LogP contribution is 2.30. The van der Waals surface area contributed by atoms with Gasteiger partial charge < -0.3 is 14.5 Å². The summed E-state index contributed by atoms with van der Waals surface area (Å²) in [7, 11) is 1.56. The molecule has 1 amide bonds. The van der Waals surface area contributed by atoms with Gasteiger partial charge in [0.05, 0.1) is 6.54 Å². The Hall–Kier alpha value is -2.65. The van der Waals surface area contributed by atoms with E-state index < -0.39 is 0 Å². The Morgan fingerprint density at radius 1 is 1.19 bits per heavy atom. The number of hydrogen-bond acceptors (Lipinski definition) is 6. The number of aromatic nitrogens is 3. The van der Waals surface area contributed by atoms with Crippen LogP contribution in [0.5, 0.6) is 0 Å². The Bertz CT molecular complexity index is 1030. The van der Waals surface area contributed by atoms with Crippen LogP contribution in [0.1, 0.15) is 54.2 Å². The molecule has 4 rings (SSSR count). The first-order valence-electron chi connectivity index (χ1n) is 10.8. The molecule has 2 aromatic heterocycles. The lowest BCUT2D eigenvalue weighted by Gasteiger charge is -2.20. The zero-order valence-electron chi connectivity index (χ0n) is 18.1. The molecule has 3 aromatic rings. The highest BCUT2D eigenvalue weighted by Gasteiger charge is 2.20. The second-order valence-electron chi connectivity index (χ2n) is 7.91. The van der Waals surface area contributed by atoms with E-state index in [0.717, 1.165) is 16.6 Å². The largest absolute Gasteiger partial charge is 0.453 e. The van der Waals surface area contributed by atoms with Gasteiger partial charge in [0.25, 0.3) is 5.91 Å². The fraction of sp³-hybridized carbons (Fsp3) is 0.435. The fourth-order valence-electron chi connectivity index (χ4n) is 3.87. The topological polar surface area (TPSA) is 82.2 Å². The number of halogens is 1. The van der Waals surface area contributed by atoms with Crippen LogP contribution in [0.4, 0.5) is 4.39 Å². The maximum Gasteiger partial charge on any atom is 0.287 e. The van der Waals surface area contributed by atoms with Gasteiger partial charge in [-0.15, -0.1) is 10.2 Å². The quantitative estimate of drug-likeness (QED) is 0.466. The molecule has 1 aliphatic rings. The molecule has 7 nitrogen and oxygen atoms in total. The number of nitrogens with one attached hydrogen (secondary N) is 1. The molecule has 0 saturated heterocycles. The molecular formula is C23H27FN4O3S. The molecule has 9 heteroatoms. The summed E-state index contributed by atoms with van der Waals surface area (Å²) in [5.41, 5.74) is 0.757. The number of ether oxygens (including phenoxy) is 1. The van der Waals surface area contributed by atoms with Crippen LogP contribution in [0.15, 0.2) is 46.0 Å². The standard InChI is InChI=1S/C23H27FN4O3S/c1-30-14-19-11-12-20(31-19)22(29)25-13-21-26-27-23(32-15-16-5-3-2-4-6-16)28(21)18-9-7-17(24)8-10-18/h7-12,16H,2-6,13-15H2,1H3,(H,25,29). The molecule has 0 aliphatic heterocycles. The predicted octanol–water partition coefficient (Wildman–Crippen LogP) is 4.75. The van der Waals surface area contributed by atoms with Crippen LogP contribution in [-0.2, 0) is 17.9 Å². The van der Waals surface area contributed by atoms with Crippen molar-refractivity contribution in [1.82, 2.24) is 20.1 Å². The lowest BCUT2D eigenvalue weighted by atomic mass is 9.91. The summed E-state index contributed by atoms with van der Waals surface area (Å²) >= 11 is 1.66. The number of benzene rings is 1. The molecule has 0 bridgehead atoms. The van der Waals surface area contributed by atoms with E-state index in [9.17, 15) is 9.18 Å². The van der Waals surface area contributed by atoms with Crippen molar-refractivity contribution in [2.24, 2.45) is 5.92 Å². The highest BCUT2D eigenvalue weighted by molar-refractivity contribution is 7.99. The van der Waals surface area contributed by atoms with Crippen LogP contribution in [0.25, 0.3) is 5.69 Å². The SMILES string of the molecule is COCc1ccc(C(=O)NCc2nnc(SCC3CCCCC3)n2-c2ccc(F)cc2)o1. The highest BCUT2D eigenvalue weighted by atomic mass is 32.2. The van der Waals surface area contributed by atoms with Gasteiger partial charge in [0.1, 0.15) is 18.2 Å². The maximum absolute atomic E-state index is 13.5. The number of nitrogens with zero attached hydrogens (tertiary/aromatic N) is 3. The minimum Gasteiger partial charge on any atom is -0.453 e. The van der Waals surface area contributed by atoms with Crippen LogP contribution in [-0.4, -0.2) is 33.5 Å². The molecule has 1 aromatic carbocycles. The van der Waals surface area contributed by atoms with Gasteiger partial charge >= 0.3 is 0 Å². The molecule has 1 aliphatic carbocycles. The van der Waals surface area contributed by atoms with E-state index in [2.05, 4.69) is 15.5 Å². The Balaban J connectivity index is 1.49. The van der Waals surface area contributed by atoms with Crippen molar-refractivity contribution >= 4 is 17.7 Å². The third-order valence-electron chi connectivity index (χ3n) is 5.54. The van der Waals surface area contributed by atoms with Crippen molar-refractivity contribution in [3.63, 3.8) is 0 Å². The van der Waals surface area contributed by atoms with E-state index in [0.29, 0.717) is 24.1 Å². The molecule has 0 radical (unpaired) electrons. The number of methoxy groups -OCH3 is 1. The number of carbonyl (C=O) groups excluding carboxylic acids is 1. The molecule has 1 N–H and O–H groups in total. The normalized spacial score (nSPS) is 14.6. The van der Waals surface area contributed by atoms with Crippen molar-refractivity contribution in [3.05, 3.63) is 59.6 Å². The van der Waals surface area contributed by atoms with Crippen LogP contribution in [0, 0.1) is 11.7 Å². The lowest BCUT2D eigenvalue weighted by Crippen LogP contribution is -2.24. The van der Waals surface area contributed by atoms with Crippen LogP contribution in [0.3, 0.4) is 0 Å². The van der Waals surface area contributed by atoms with Crippen molar-refractivity contribution in [3.8, 4) is 5.69 Å². The van der Waals surface area contributed by atoms with Gasteiger partial charge in [-0.25, -0.2) is 4.39 Å². The molecule has 32 heavy (non-hydrogen) atoms. The second kappa shape index (κ2) is 10.8. The summed E-state index contributed by atoms with van der Waals surface area (Å²) in [6.07, 6.45) is 6.38. The summed E-state index contributed by atoms with van der Waals surface area (Å²) in [5.74, 6) is 2.34. The average molecular weight is 459 g/mol. The average Bonchev–Trinajstić information content (AvgIpc) is 3.45. The van der Waals surface area contributed by atoms with E-state index in [4.69, 9.17) is 9.15 Å². The lowest BCUT2D eigenvalue weighted by molar-refractivity contribution is 0.0913. The molecule has 0 unspecified atom stereocenters.